The van der Waals surface area contributed by atoms with Crippen LogP contribution in [0.1, 0.15) is 34.2 Å². The van der Waals surface area contributed by atoms with E-state index in [9.17, 15) is 4.79 Å². The Kier molecular flexibility index (Phi) is 4.82. The number of benzene rings is 3. The zero-order valence-electron chi connectivity index (χ0n) is 16.2. The normalized spacial score (nSPS) is 17.4. The van der Waals surface area contributed by atoms with Crippen LogP contribution in [0.5, 0.6) is 0 Å². The van der Waals surface area contributed by atoms with Gasteiger partial charge in [-0.15, -0.1) is 0 Å². The SMILES string of the molecule is Cc1cccc(C2(c3cccc(C)c3)C[C@H]2C(=O)N/N=C\c2ccccc2)c1. The van der Waals surface area contributed by atoms with E-state index in [4.69, 9.17) is 0 Å². The van der Waals surface area contributed by atoms with Crippen molar-refractivity contribution in [2.75, 3.05) is 0 Å². The predicted molar refractivity (Wildman–Crippen MR) is 113 cm³/mol. The van der Waals surface area contributed by atoms with Gasteiger partial charge >= 0.3 is 0 Å². The van der Waals surface area contributed by atoms with Gasteiger partial charge in [0.15, 0.2) is 0 Å². The van der Waals surface area contributed by atoms with Crippen molar-refractivity contribution < 1.29 is 4.79 Å². The van der Waals surface area contributed by atoms with E-state index in [1.807, 2.05) is 30.3 Å². The highest BCUT2D eigenvalue weighted by Gasteiger charge is 2.60. The highest BCUT2D eigenvalue weighted by Crippen LogP contribution is 2.59. The molecule has 3 heteroatoms. The van der Waals surface area contributed by atoms with Crippen molar-refractivity contribution in [2.24, 2.45) is 11.0 Å². The molecule has 0 heterocycles. The minimum atomic E-state index is -0.273. The number of hydrogen-bond donors (Lipinski definition) is 1. The number of carbonyl (C=O) groups is 1. The highest BCUT2D eigenvalue weighted by molar-refractivity contribution is 5.87. The lowest BCUT2D eigenvalue weighted by molar-refractivity contribution is -0.122. The van der Waals surface area contributed by atoms with Gasteiger partial charge in [0.2, 0.25) is 5.91 Å². The van der Waals surface area contributed by atoms with Crippen molar-refractivity contribution in [3.05, 3.63) is 107 Å². The molecule has 0 unspecified atom stereocenters. The van der Waals surface area contributed by atoms with E-state index in [-0.39, 0.29) is 17.2 Å². The Balaban J connectivity index is 1.60. The van der Waals surface area contributed by atoms with Gasteiger partial charge in [-0.3, -0.25) is 4.79 Å². The summed E-state index contributed by atoms with van der Waals surface area (Å²) in [6.45, 7) is 4.18. The summed E-state index contributed by atoms with van der Waals surface area (Å²) in [5.74, 6) is -0.154. The Morgan fingerprint density at radius 1 is 0.929 bits per heavy atom. The first-order valence-corrected chi connectivity index (χ1v) is 9.62. The molecule has 0 radical (unpaired) electrons. The zero-order valence-corrected chi connectivity index (χ0v) is 16.2. The van der Waals surface area contributed by atoms with Crippen LogP contribution in [0.25, 0.3) is 0 Å². The van der Waals surface area contributed by atoms with E-state index in [0.717, 1.165) is 12.0 Å². The number of hydrogen-bond acceptors (Lipinski definition) is 2. The van der Waals surface area contributed by atoms with Gasteiger partial charge in [0.1, 0.15) is 0 Å². The Bertz CT molecular complexity index is 978. The lowest BCUT2D eigenvalue weighted by atomic mass is 9.84. The summed E-state index contributed by atoms with van der Waals surface area (Å²) < 4.78 is 0. The summed E-state index contributed by atoms with van der Waals surface area (Å²) in [6, 6.07) is 26.8. The standard InChI is InChI=1S/C25H24N2O/c1-18-8-6-12-21(14-18)25(22-13-7-9-19(2)15-22)16-23(25)24(28)27-26-17-20-10-4-3-5-11-20/h3-15,17,23H,16H2,1-2H3,(H,27,28)/b26-17-/t23-/m0/s1. The first-order chi connectivity index (χ1) is 13.6. The largest absolute Gasteiger partial charge is 0.273 e. The fourth-order valence-electron chi connectivity index (χ4n) is 4.02. The number of hydrazone groups is 1. The third-order valence-electron chi connectivity index (χ3n) is 5.53. The lowest BCUT2D eigenvalue weighted by Crippen LogP contribution is -2.25. The number of nitrogens with one attached hydrogen (secondary N) is 1. The molecule has 1 aliphatic carbocycles. The van der Waals surface area contributed by atoms with Crippen molar-refractivity contribution in [2.45, 2.75) is 25.7 Å². The molecule has 3 aromatic rings. The summed E-state index contributed by atoms with van der Waals surface area (Å²) in [4.78, 5) is 12.9. The summed E-state index contributed by atoms with van der Waals surface area (Å²) >= 11 is 0. The first kappa shape index (κ1) is 18.2. The third-order valence-corrected chi connectivity index (χ3v) is 5.53. The molecule has 1 atom stereocenters. The van der Waals surface area contributed by atoms with Crippen LogP contribution in [0.4, 0.5) is 0 Å². The van der Waals surface area contributed by atoms with E-state index in [1.165, 1.54) is 22.3 Å². The quantitative estimate of drug-likeness (QED) is 0.512. The van der Waals surface area contributed by atoms with Gasteiger partial charge < -0.3 is 0 Å². The molecule has 1 fully saturated rings. The maximum atomic E-state index is 12.9. The second-order valence-corrected chi connectivity index (χ2v) is 7.61. The Morgan fingerprint density at radius 3 is 2.11 bits per heavy atom. The van der Waals surface area contributed by atoms with Gasteiger partial charge in [0.05, 0.1) is 12.1 Å². The number of aryl methyl sites for hydroxylation is 2. The van der Waals surface area contributed by atoms with Crippen LogP contribution in [-0.4, -0.2) is 12.1 Å². The van der Waals surface area contributed by atoms with Crippen LogP contribution < -0.4 is 5.43 Å². The van der Waals surface area contributed by atoms with E-state index >= 15 is 0 Å². The third kappa shape index (κ3) is 3.48. The molecule has 28 heavy (non-hydrogen) atoms. The molecule has 1 saturated carbocycles. The minimum Gasteiger partial charge on any atom is -0.273 e. The maximum Gasteiger partial charge on any atom is 0.244 e. The molecular weight excluding hydrogens is 344 g/mol. The fourth-order valence-corrected chi connectivity index (χ4v) is 4.02. The summed E-state index contributed by atoms with van der Waals surface area (Å²) in [6.07, 6.45) is 2.48. The van der Waals surface area contributed by atoms with Gasteiger partial charge in [-0.05, 0) is 37.0 Å². The van der Waals surface area contributed by atoms with E-state index in [1.54, 1.807) is 6.21 Å². The molecule has 1 aliphatic rings. The molecule has 3 aromatic carbocycles. The summed E-state index contributed by atoms with van der Waals surface area (Å²) in [5, 5.41) is 4.17. The van der Waals surface area contributed by atoms with Crippen molar-refractivity contribution in [1.82, 2.24) is 5.43 Å². The maximum absolute atomic E-state index is 12.9. The summed E-state index contributed by atoms with van der Waals surface area (Å²) in [5.41, 5.74) is 8.25. The number of rotatable bonds is 5. The topological polar surface area (TPSA) is 41.5 Å². The fraction of sp³-hybridized carbons (Fsp3) is 0.200. The summed E-state index contributed by atoms with van der Waals surface area (Å²) in [7, 11) is 0. The van der Waals surface area contributed by atoms with Gasteiger partial charge in [-0.25, -0.2) is 5.43 Å². The molecule has 0 saturated heterocycles. The Hall–Kier alpha value is -3.20. The van der Waals surface area contributed by atoms with Crippen molar-refractivity contribution in [3.63, 3.8) is 0 Å². The molecule has 0 bridgehead atoms. The Labute approximate surface area is 166 Å². The average Bonchev–Trinajstić information content (AvgIpc) is 3.46. The van der Waals surface area contributed by atoms with E-state index in [0.29, 0.717) is 0 Å². The molecule has 0 aromatic heterocycles. The second-order valence-electron chi connectivity index (χ2n) is 7.61. The van der Waals surface area contributed by atoms with Crippen LogP contribution in [0.2, 0.25) is 0 Å². The van der Waals surface area contributed by atoms with Crippen LogP contribution in [0, 0.1) is 19.8 Å². The van der Waals surface area contributed by atoms with Gasteiger partial charge in [0.25, 0.3) is 0 Å². The van der Waals surface area contributed by atoms with Crippen molar-refractivity contribution in [1.29, 1.82) is 0 Å². The van der Waals surface area contributed by atoms with Crippen LogP contribution in [0.15, 0.2) is 84.0 Å². The van der Waals surface area contributed by atoms with Gasteiger partial charge in [-0.1, -0.05) is 90.0 Å². The molecule has 0 aliphatic heterocycles. The number of nitrogens with zero attached hydrogens (tertiary/aromatic N) is 1. The van der Waals surface area contributed by atoms with Crippen molar-refractivity contribution in [3.8, 4) is 0 Å². The zero-order chi connectivity index (χ0) is 19.6. The van der Waals surface area contributed by atoms with E-state index < -0.39 is 0 Å². The average molecular weight is 368 g/mol. The molecule has 3 nitrogen and oxygen atoms in total. The van der Waals surface area contributed by atoms with Crippen molar-refractivity contribution >= 4 is 12.1 Å². The monoisotopic (exact) mass is 368 g/mol. The highest BCUT2D eigenvalue weighted by atomic mass is 16.2. The molecule has 4 rings (SSSR count). The Morgan fingerprint density at radius 2 is 1.54 bits per heavy atom. The van der Waals surface area contributed by atoms with Crippen LogP contribution in [0.3, 0.4) is 0 Å². The van der Waals surface area contributed by atoms with E-state index in [2.05, 4.69) is 72.9 Å². The van der Waals surface area contributed by atoms with Crippen LogP contribution >= 0.6 is 0 Å². The lowest BCUT2D eigenvalue weighted by Gasteiger charge is -2.19. The van der Waals surface area contributed by atoms with Gasteiger partial charge in [-0.2, -0.15) is 5.10 Å². The molecule has 1 amide bonds. The molecule has 140 valence electrons. The second kappa shape index (κ2) is 7.43. The molecule has 0 spiro atoms. The number of carbonyl (C=O) groups excluding carboxylic acids is 1. The number of amides is 1. The van der Waals surface area contributed by atoms with Crippen LogP contribution in [-0.2, 0) is 10.2 Å². The molecule has 1 N–H and O–H groups in total. The van der Waals surface area contributed by atoms with Gasteiger partial charge in [0, 0.05) is 5.41 Å². The predicted octanol–water partition coefficient (Wildman–Crippen LogP) is 4.76. The minimum absolute atomic E-state index is 0.0322. The molecular formula is C25H24N2O. The first-order valence-electron chi connectivity index (χ1n) is 9.62. The smallest absolute Gasteiger partial charge is 0.244 e.